The number of nitrogens with zero attached hydrogens (tertiary/aromatic N) is 1. The van der Waals surface area contributed by atoms with Crippen molar-refractivity contribution in [2.75, 3.05) is 0 Å². The maximum Gasteiger partial charge on any atom is 0.180 e. The average molecular weight is 211 g/mol. The molecule has 1 heterocycles. The van der Waals surface area contributed by atoms with Gasteiger partial charge in [0.25, 0.3) is 0 Å². The number of halogens is 1. The van der Waals surface area contributed by atoms with E-state index in [2.05, 4.69) is 5.16 Å². The van der Waals surface area contributed by atoms with Crippen LogP contribution in [0.2, 0.25) is 5.15 Å². The van der Waals surface area contributed by atoms with E-state index in [0.29, 0.717) is 10.7 Å². The van der Waals surface area contributed by atoms with Crippen molar-refractivity contribution in [3.05, 3.63) is 28.9 Å². The smallest absolute Gasteiger partial charge is 0.180 e. The molecule has 0 saturated heterocycles. The molecular formula is C10H11ClN2O. The Morgan fingerprint density at radius 2 is 2.36 bits per heavy atom. The summed E-state index contributed by atoms with van der Waals surface area (Å²) in [5.41, 5.74) is 7.54. The van der Waals surface area contributed by atoms with E-state index in [1.54, 1.807) is 0 Å². The van der Waals surface area contributed by atoms with Crippen LogP contribution in [0.25, 0.3) is 11.0 Å². The topological polar surface area (TPSA) is 52.0 Å². The molecule has 0 bridgehead atoms. The lowest BCUT2D eigenvalue weighted by Gasteiger charge is -2.05. The van der Waals surface area contributed by atoms with E-state index in [0.717, 1.165) is 17.4 Å². The molecule has 0 aliphatic carbocycles. The van der Waals surface area contributed by atoms with E-state index in [4.69, 9.17) is 21.9 Å². The van der Waals surface area contributed by atoms with Crippen LogP contribution in [-0.4, -0.2) is 11.2 Å². The highest BCUT2D eigenvalue weighted by Crippen LogP contribution is 2.26. The molecule has 14 heavy (non-hydrogen) atoms. The minimum atomic E-state index is 0.103. The van der Waals surface area contributed by atoms with Crippen LogP contribution in [0.4, 0.5) is 0 Å². The first-order valence-electron chi connectivity index (χ1n) is 4.47. The average Bonchev–Trinajstić information content (AvgIpc) is 2.48. The van der Waals surface area contributed by atoms with Gasteiger partial charge in [0.05, 0.1) is 5.39 Å². The van der Waals surface area contributed by atoms with Gasteiger partial charge in [0.2, 0.25) is 0 Å². The Kier molecular flexibility index (Phi) is 2.44. The summed E-state index contributed by atoms with van der Waals surface area (Å²) < 4.78 is 5.05. The lowest BCUT2D eigenvalue weighted by Crippen LogP contribution is -2.17. The van der Waals surface area contributed by atoms with Gasteiger partial charge in [0.1, 0.15) is 0 Å². The van der Waals surface area contributed by atoms with E-state index in [1.807, 2.05) is 25.1 Å². The first-order valence-corrected chi connectivity index (χ1v) is 4.84. The van der Waals surface area contributed by atoms with Gasteiger partial charge in [-0.05, 0) is 25.0 Å². The highest BCUT2D eigenvalue weighted by atomic mass is 35.5. The maximum absolute atomic E-state index is 5.92. The third kappa shape index (κ3) is 1.61. The fraction of sp³-hybridized carbons (Fsp3) is 0.300. The monoisotopic (exact) mass is 210 g/mol. The number of hydrogen-bond acceptors (Lipinski definition) is 3. The van der Waals surface area contributed by atoms with Gasteiger partial charge in [-0.15, -0.1) is 0 Å². The summed E-state index contributed by atoms with van der Waals surface area (Å²) >= 11 is 5.92. The summed E-state index contributed by atoms with van der Waals surface area (Å²) in [6.45, 7) is 1.96. The van der Waals surface area contributed by atoms with Crippen LogP contribution in [0.5, 0.6) is 0 Å². The Balaban J connectivity index is 2.57. The molecule has 1 aromatic heterocycles. The van der Waals surface area contributed by atoms with Crippen LogP contribution < -0.4 is 5.73 Å². The maximum atomic E-state index is 5.92. The fourth-order valence-electron chi connectivity index (χ4n) is 1.54. The molecule has 0 aliphatic heterocycles. The van der Waals surface area contributed by atoms with Crippen LogP contribution in [0, 0.1) is 0 Å². The standard InChI is InChI=1S/C10H11ClN2O/c1-6(12)5-7-3-2-4-8-9(7)10(11)13-14-8/h2-4,6H,5,12H2,1H3. The van der Waals surface area contributed by atoms with E-state index >= 15 is 0 Å². The van der Waals surface area contributed by atoms with Crippen LogP contribution in [-0.2, 0) is 6.42 Å². The fourth-order valence-corrected chi connectivity index (χ4v) is 1.79. The molecule has 0 saturated carbocycles. The van der Waals surface area contributed by atoms with Crippen LogP contribution >= 0.6 is 11.6 Å². The summed E-state index contributed by atoms with van der Waals surface area (Å²) in [5.74, 6) is 0. The summed E-state index contributed by atoms with van der Waals surface area (Å²) in [4.78, 5) is 0. The highest BCUT2D eigenvalue weighted by molar-refractivity contribution is 6.34. The van der Waals surface area contributed by atoms with Crippen LogP contribution in [0.3, 0.4) is 0 Å². The van der Waals surface area contributed by atoms with E-state index in [-0.39, 0.29) is 6.04 Å². The van der Waals surface area contributed by atoms with E-state index in [9.17, 15) is 0 Å². The van der Waals surface area contributed by atoms with Gasteiger partial charge < -0.3 is 10.3 Å². The molecule has 1 unspecified atom stereocenters. The second-order valence-electron chi connectivity index (χ2n) is 3.45. The molecule has 0 amide bonds. The summed E-state index contributed by atoms with van der Waals surface area (Å²) in [5, 5.41) is 5.01. The normalized spacial score (nSPS) is 13.4. The van der Waals surface area contributed by atoms with Crippen molar-refractivity contribution in [1.29, 1.82) is 0 Å². The first-order chi connectivity index (χ1) is 6.68. The first kappa shape index (κ1) is 9.49. The van der Waals surface area contributed by atoms with Gasteiger partial charge in [-0.3, -0.25) is 0 Å². The molecular weight excluding hydrogens is 200 g/mol. The largest absolute Gasteiger partial charge is 0.355 e. The molecule has 2 N–H and O–H groups in total. The zero-order valence-corrected chi connectivity index (χ0v) is 8.58. The Labute approximate surface area is 86.8 Å². The number of hydrogen-bond donors (Lipinski definition) is 1. The van der Waals surface area contributed by atoms with Gasteiger partial charge in [-0.1, -0.05) is 28.9 Å². The number of fused-ring (bicyclic) bond motifs is 1. The number of rotatable bonds is 2. The summed E-state index contributed by atoms with van der Waals surface area (Å²) in [7, 11) is 0. The molecule has 1 atom stereocenters. The van der Waals surface area contributed by atoms with Crippen molar-refractivity contribution in [3.8, 4) is 0 Å². The van der Waals surface area contributed by atoms with Crippen LogP contribution in [0.15, 0.2) is 22.7 Å². The zero-order chi connectivity index (χ0) is 10.1. The lowest BCUT2D eigenvalue weighted by atomic mass is 10.0. The van der Waals surface area contributed by atoms with Crippen molar-refractivity contribution in [1.82, 2.24) is 5.16 Å². The highest BCUT2D eigenvalue weighted by Gasteiger charge is 2.11. The molecule has 0 aliphatic rings. The van der Waals surface area contributed by atoms with Gasteiger partial charge in [-0.2, -0.15) is 0 Å². The van der Waals surface area contributed by atoms with E-state index in [1.165, 1.54) is 0 Å². The molecule has 1 aromatic carbocycles. The molecule has 2 rings (SSSR count). The van der Waals surface area contributed by atoms with Gasteiger partial charge in [0.15, 0.2) is 10.7 Å². The van der Waals surface area contributed by atoms with Crippen molar-refractivity contribution in [2.45, 2.75) is 19.4 Å². The molecule has 0 fully saturated rings. The second kappa shape index (κ2) is 3.59. The van der Waals surface area contributed by atoms with Crippen molar-refractivity contribution < 1.29 is 4.52 Å². The molecule has 2 aromatic rings. The van der Waals surface area contributed by atoms with Crippen molar-refractivity contribution in [3.63, 3.8) is 0 Å². The molecule has 74 valence electrons. The summed E-state index contributed by atoms with van der Waals surface area (Å²) in [6.07, 6.45) is 0.776. The predicted octanol–water partition coefficient (Wildman–Crippen LogP) is 2.37. The lowest BCUT2D eigenvalue weighted by molar-refractivity contribution is 0.457. The Morgan fingerprint density at radius 3 is 3.07 bits per heavy atom. The quantitative estimate of drug-likeness (QED) is 0.828. The molecule has 0 spiro atoms. The van der Waals surface area contributed by atoms with Crippen molar-refractivity contribution in [2.24, 2.45) is 5.73 Å². The second-order valence-corrected chi connectivity index (χ2v) is 3.80. The van der Waals surface area contributed by atoms with Crippen LogP contribution in [0.1, 0.15) is 12.5 Å². The SMILES string of the molecule is CC(N)Cc1cccc2onc(Cl)c12. The van der Waals surface area contributed by atoms with Gasteiger partial charge in [-0.25, -0.2) is 0 Å². The number of nitrogens with two attached hydrogens (primary N) is 1. The molecule has 4 heteroatoms. The number of benzene rings is 1. The minimum Gasteiger partial charge on any atom is -0.355 e. The van der Waals surface area contributed by atoms with Crippen molar-refractivity contribution >= 4 is 22.6 Å². The van der Waals surface area contributed by atoms with E-state index < -0.39 is 0 Å². The number of aromatic nitrogens is 1. The van der Waals surface area contributed by atoms with Gasteiger partial charge >= 0.3 is 0 Å². The molecule has 0 radical (unpaired) electrons. The zero-order valence-electron chi connectivity index (χ0n) is 7.83. The third-order valence-electron chi connectivity index (χ3n) is 2.08. The summed E-state index contributed by atoms with van der Waals surface area (Å²) in [6, 6.07) is 5.86. The Hall–Kier alpha value is -1.06. The predicted molar refractivity (Wildman–Crippen MR) is 56.4 cm³/mol. The Bertz CT molecular complexity index is 450. The Morgan fingerprint density at radius 1 is 1.57 bits per heavy atom. The third-order valence-corrected chi connectivity index (χ3v) is 2.34. The molecule has 3 nitrogen and oxygen atoms in total. The minimum absolute atomic E-state index is 0.103. The van der Waals surface area contributed by atoms with Gasteiger partial charge in [0, 0.05) is 6.04 Å².